The van der Waals surface area contributed by atoms with Crippen molar-refractivity contribution in [3.05, 3.63) is 47.5 Å². The van der Waals surface area contributed by atoms with Crippen LogP contribution in [0.4, 0.5) is 13.2 Å². The number of hydrogen-bond donors (Lipinski definition) is 0. The number of carbonyl (C=O) groups is 1. The van der Waals surface area contributed by atoms with Crippen molar-refractivity contribution in [2.75, 3.05) is 0 Å². The SMILES string of the molecule is O=C1C=COC(c2cc(F)c(F)c(F)c2)C1. The van der Waals surface area contributed by atoms with Crippen molar-refractivity contribution in [2.24, 2.45) is 0 Å². The van der Waals surface area contributed by atoms with Gasteiger partial charge in [0.15, 0.2) is 23.2 Å². The highest BCUT2D eigenvalue weighted by Crippen LogP contribution is 2.27. The number of benzene rings is 1. The van der Waals surface area contributed by atoms with Crippen LogP contribution in [-0.2, 0) is 9.53 Å². The van der Waals surface area contributed by atoms with Crippen molar-refractivity contribution in [1.82, 2.24) is 0 Å². The molecule has 1 aliphatic rings. The normalized spacial score (nSPS) is 19.7. The second-order valence-electron chi connectivity index (χ2n) is 3.40. The standard InChI is InChI=1S/C11H7F3O2/c12-8-3-6(4-9(13)11(8)14)10-5-7(15)1-2-16-10/h1-4,10H,5H2. The van der Waals surface area contributed by atoms with E-state index in [1.165, 1.54) is 6.08 Å². The van der Waals surface area contributed by atoms with Gasteiger partial charge >= 0.3 is 0 Å². The summed E-state index contributed by atoms with van der Waals surface area (Å²) in [6.07, 6.45) is 1.62. The molecule has 1 aromatic rings. The first-order valence-corrected chi connectivity index (χ1v) is 4.57. The Morgan fingerprint density at radius 1 is 1.19 bits per heavy atom. The maximum Gasteiger partial charge on any atom is 0.194 e. The van der Waals surface area contributed by atoms with Crippen LogP contribution in [0, 0.1) is 17.5 Å². The van der Waals surface area contributed by atoms with Crippen LogP contribution in [0.15, 0.2) is 24.5 Å². The van der Waals surface area contributed by atoms with Gasteiger partial charge in [-0.25, -0.2) is 13.2 Å². The lowest BCUT2D eigenvalue weighted by Gasteiger charge is -2.19. The number of halogens is 3. The lowest BCUT2D eigenvalue weighted by molar-refractivity contribution is -0.118. The smallest absolute Gasteiger partial charge is 0.194 e. The molecule has 16 heavy (non-hydrogen) atoms. The molecule has 0 N–H and O–H groups in total. The first-order chi connectivity index (χ1) is 7.58. The molecule has 2 rings (SSSR count). The summed E-state index contributed by atoms with van der Waals surface area (Å²) in [7, 11) is 0. The Morgan fingerprint density at radius 2 is 1.81 bits per heavy atom. The molecule has 1 atom stereocenters. The van der Waals surface area contributed by atoms with E-state index in [0.29, 0.717) is 0 Å². The predicted molar refractivity (Wildman–Crippen MR) is 48.9 cm³/mol. The summed E-state index contributed by atoms with van der Waals surface area (Å²) in [5, 5.41) is 0. The number of ether oxygens (including phenoxy) is 1. The van der Waals surface area contributed by atoms with Crippen LogP contribution < -0.4 is 0 Å². The van der Waals surface area contributed by atoms with Crippen LogP contribution >= 0.6 is 0 Å². The molecule has 0 amide bonds. The van der Waals surface area contributed by atoms with Gasteiger partial charge in [0, 0.05) is 6.08 Å². The summed E-state index contributed by atoms with van der Waals surface area (Å²) >= 11 is 0. The molecule has 0 saturated heterocycles. The van der Waals surface area contributed by atoms with Crippen LogP contribution in [0.5, 0.6) is 0 Å². The fraction of sp³-hybridized carbons (Fsp3) is 0.182. The van der Waals surface area contributed by atoms with Crippen molar-refractivity contribution in [3.8, 4) is 0 Å². The third kappa shape index (κ3) is 1.93. The zero-order chi connectivity index (χ0) is 11.7. The van der Waals surface area contributed by atoms with Crippen LogP contribution in [-0.4, -0.2) is 5.78 Å². The molecule has 0 aromatic heterocycles. The van der Waals surface area contributed by atoms with Crippen molar-refractivity contribution < 1.29 is 22.7 Å². The monoisotopic (exact) mass is 228 g/mol. The van der Waals surface area contributed by atoms with E-state index in [2.05, 4.69) is 0 Å². The maximum atomic E-state index is 12.9. The summed E-state index contributed by atoms with van der Waals surface area (Å²) in [4.78, 5) is 11.1. The molecule has 0 aliphatic carbocycles. The van der Waals surface area contributed by atoms with Gasteiger partial charge in [0.2, 0.25) is 0 Å². The van der Waals surface area contributed by atoms with Gasteiger partial charge < -0.3 is 4.74 Å². The van der Waals surface area contributed by atoms with Gasteiger partial charge in [0.05, 0.1) is 12.7 Å². The second-order valence-corrected chi connectivity index (χ2v) is 3.40. The van der Waals surface area contributed by atoms with Gasteiger partial charge in [-0.1, -0.05) is 0 Å². The molecule has 1 aliphatic heterocycles. The fourth-order valence-corrected chi connectivity index (χ4v) is 1.47. The summed E-state index contributed by atoms with van der Waals surface area (Å²) in [5.74, 6) is -4.32. The third-order valence-electron chi connectivity index (χ3n) is 2.26. The van der Waals surface area contributed by atoms with Crippen molar-refractivity contribution in [2.45, 2.75) is 12.5 Å². The van der Waals surface area contributed by atoms with E-state index in [1.54, 1.807) is 0 Å². The number of ketones is 1. The van der Waals surface area contributed by atoms with Crippen LogP contribution in [0.2, 0.25) is 0 Å². The lowest BCUT2D eigenvalue weighted by atomic mass is 10.0. The second kappa shape index (κ2) is 4.00. The first kappa shape index (κ1) is 10.7. The van der Waals surface area contributed by atoms with Gasteiger partial charge in [0.25, 0.3) is 0 Å². The highest BCUT2D eigenvalue weighted by Gasteiger charge is 2.22. The van der Waals surface area contributed by atoms with Crippen LogP contribution in [0.3, 0.4) is 0 Å². The van der Waals surface area contributed by atoms with E-state index in [9.17, 15) is 18.0 Å². The zero-order valence-electron chi connectivity index (χ0n) is 8.04. The van der Waals surface area contributed by atoms with E-state index < -0.39 is 23.6 Å². The summed E-state index contributed by atoms with van der Waals surface area (Å²) in [5.41, 5.74) is 0.106. The van der Waals surface area contributed by atoms with E-state index in [0.717, 1.165) is 18.4 Å². The zero-order valence-corrected chi connectivity index (χ0v) is 8.04. The van der Waals surface area contributed by atoms with Gasteiger partial charge in [-0.15, -0.1) is 0 Å². The fourth-order valence-electron chi connectivity index (χ4n) is 1.47. The molecule has 1 aromatic carbocycles. The van der Waals surface area contributed by atoms with Gasteiger partial charge in [-0.05, 0) is 17.7 Å². The van der Waals surface area contributed by atoms with Gasteiger partial charge in [-0.2, -0.15) is 0 Å². The quantitative estimate of drug-likeness (QED) is 0.690. The molecule has 1 unspecified atom stereocenters. The molecule has 0 fully saturated rings. The van der Waals surface area contributed by atoms with Crippen molar-refractivity contribution >= 4 is 5.78 Å². The average molecular weight is 228 g/mol. The molecule has 0 bridgehead atoms. The number of carbonyl (C=O) groups excluding carboxylic acids is 1. The number of rotatable bonds is 1. The summed E-state index contributed by atoms with van der Waals surface area (Å²) < 4.78 is 43.5. The topological polar surface area (TPSA) is 26.3 Å². The molecule has 2 nitrogen and oxygen atoms in total. The molecule has 84 valence electrons. The number of allylic oxidation sites excluding steroid dienone is 1. The highest BCUT2D eigenvalue weighted by atomic mass is 19.2. The van der Waals surface area contributed by atoms with Crippen LogP contribution in [0.1, 0.15) is 18.1 Å². The third-order valence-corrected chi connectivity index (χ3v) is 2.26. The Morgan fingerprint density at radius 3 is 2.38 bits per heavy atom. The lowest BCUT2D eigenvalue weighted by Crippen LogP contribution is -2.12. The number of hydrogen-bond acceptors (Lipinski definition) is 2. The summed E-state index contributed by atoms with van der Waals surface area (Å²) in [6.45, 7) is 0. The first-order valence-electron chi connectivity index (χ1n) is 4.57. The molecule has 1 heterocycles. The van der Waals surface area contributed by atoms with Crippen molar-refractivity contribution in [1.29, 1.82) is 0 Å². The van der Waals surface area contributed by atoms with E-state index in [1.807, 2.05) is 0 Å². The molecule has 0 saturated carbocycles. The predicted octanol–water partition coefficient (Wildman–Crippen LogP) is 2.65. The van der Waals surface area contributed by atoms with Crippen molar-refractivity contribution in [3.63, 3.8) is 0 Å². The molecular formula is C11H7F3O2. The molecular weight excluding hydrogens is 221 g/mol. The maximum absolute atomic E-state index is 12.9. The molecule has 5 heteroatoms. The largest absolute Gasteiger partial charge is 0.493 e. The Labute approximate surface area is 89.3 Å². The average Bonchev–Trinajstić information content (AvgIpc) is 2.25. The minimum atomic E-state index is -1.53. The summed E-state index contributed by atoms with van der Waals surface area (Å²) in [6, 6.07) is 1.66. The molecule has 0 spiro atoms. The Kier molecular flexibility index (Phi) is 2.68. The van der Waals surface area contributed by atoms with Crippen LogP contribution in [0.25, 0.3) is 0 Å². The Balaban J connectivity index is 2.34. The van der Waals surface area contributed by atoms with E-state index in [4.69, 9.17) is 4.74 Å². The Bertz CT molecular complexity index is 445. The Hall–Kier alpha value is -1.78. The van der Waals surface area contributed by atoms with Gasteiger partial charge in [0.1, 0.15) is 6.10 Å². The van der Waals surface area contributed by atoms with Gasteiger partial charge in [-0.3, -0.25) is 4.79 Å². The van der Waals surface area contributed by atoms with E-state index >= 15 is 0 Å². The molecule has 0 radical (unpaired) electrons. The van der Waals surface area contributed by atoms with E-state index in [-0.39, 0.29) is 17.8 Å². The minimum absolute atomic E-state index is 0.0129. The minimum Gasteiger partial charge on any atom is -0.493 e. The highest BCUT2D eigenvalue weighted by molar-refractivity contribution is 5.90.